The fourth-order valence-electron chi connectivity index (χ4n) is 1.80. The van der Waals surface area contributed by atoms with Crippen molar-refractivity contribution in [2.45, 2.75) is 18.2 Å². The van der Waals surface area contributed by atoms with Crippen LogP contribution in [0.4, 0.5) is 5.69 Å². The molecule has 2 rings (SSSR count). The average molecular weight is 326 g/mol. The molecule has 1 N–H and O–H groups in total. The normalized spacial score (nSPS) is 11.5. The summed E-state index contributed by atoms with van der Waals surface area (Å²) < 4.78 is 26.7. The molecule has 0 radical (unpaired) electrons. The van der Waals surface area contributed by atoms with Crippen LogP contribution in [0.15, 0.2) is 40.6 Å². The van der Waals surface area contributed by atoms with E-state index in [4.69, 9.17) is 0 Å². The minimum atomic E-state index is -3.74. The number of nitro benzene ring substituents is 1. The van der Waals surface area contributed by atoms with E-state index < -0.39 is 14.9 Å². The van der Waals surface area contributed by atoms with E-state index in [1.54, 1.807) is 18.3 Å². The van der Waals surface area contributed by atoms with Gasteiger partial charge in [-0.15, -0.1) is 11.3 Å². The molecule has 1 aromatic heterocycles. The Morgan fingerprint density at radius 3 is 2.71 bits per heavy atom. The van der Waals surface area contributed by atoms with Gasteiger partial charge in [0, 0.05) is 23.1 Å². The molecular formula is C13H14N2O4S2. The molecule has 0 aliphatic carbocycles. The monoisotopic (exact) mass is 326 g/mol. The van der Waals surface area contributed by atoms with E-state index in [9.17, 15) is 18.5 Å². The quantitative estimate of drug-likeness (QED) is 0.652. The lowest BCUT2D eigenvalue weighted by Gasteiger charge is -2.07. The number of thiophene rings is 1. The minimum absolute atomic E-state index is 0.0917. The first-order valence-corrected chi connectivity index (χ1v) is 8.53. The van der Waals surface area contributed by atoms with Crippen LogP contribution in [0.3, 0.4) is 0 Å². The number of sulfonamides is 1. The maximum Gasteiger partial charge on any atom is 0.273 e. The number of nitrogens with zero attached hydrogens (tertiary/aromatic N) is 1. The zero-order chi connectivity index (χ0) is 15.5. The molecule has 21 heavy (non-hydrogen) atoms. The molecule has 0 aliphatic heterocycles. The Morgan fingerprint density at radius 1 is 1.33 bits per heavy atom. The van der Waals surface area contributed by atoms with Gasteiger partial charge in [0.25, 0.3) is 5.69 Å². The van der Waals surface area contributed by atoms with E-state index in [1.165, 1.54) is 12.1 Å². The first kappa shape index (κ1) is 15.6. The second-order valence-corrected chi connectivity index (χ2v) is 7.23. The van der Waals surface area contributed by atoms with Gasteiger partial charge >= 0.3 is 0 Å². The van der Waals surface area contributed by atoms with Gasteiger partial charge in [-0.1, -0.05) is 12.1 Å². The number of rotatable bonds is 6. The Hall–Kier alpha value is -1.77. The lowest BCUT2D eigenvalue weighted by Crippen LogP contribution is -2.25. The van der Waals surface area contributed by atoms with Gasteiger partial charge in [0.2, 0.25) is 10.0 Å². The number of hydrogen-bond donors (Lipinski definition) is 1. The highest BCUT2D eigenvalue weighted by molar-refractivity contribution is 7.89. The highest BCUT2D eigenvalue weighted by Gasteiger charge is 2.19. The standard InChI is InChI=1S/C13H14N2O4S2/c1-10-4-5-12(9-13(10)15(16)17)21(18,19)14-7-6-11-3-2-8-20-11/h2-5,8-9,14H,6-7H2,1H3. The number of aryl methyl sites for hydroxylation is 1. The van der Waals surface area contributed by atoms with Crippen molar-refractivity contribution in [1.29, 1.82) is 0 Å². The van der Waals surface area contributed by atoms with Gasteiger partial charge in [-0.3, -0.25) is 10.1 Å². The lowest BCUT2D eigenvalue weighted by atomic mass is 10.2. The second-order valence-electron chi connectivity index (χ2n) is 4.43. The van der Waals surface area contributed by atoms with E-state index in [2.05, 4.69) is 4.72 Å². The smallest absolute Gasteiger partial charge is 0.258 e. The third kappa shape index (κ3) is 3.87. The Bertz CT molecular complexity index is 740. The highest BCUT2D eigenvalue weighted by Crippen LogP contribution is 2.22. The number of nitrogens with one attached hydrogen (secondary N) is 1. The molecule has 6 nitrogen and oxygen atoms in total. The molecule has 112 valence electrons. The molecule has 0 aliphatic rings. The Kier molecular flexibility index (Phi) is 4.71. The first-order chi connectivity index (χ1) is 9.90. The molecule has 0 saturated carbocycles. The zero-order valence-corrected chi connectivity index (χ0v) is 12.9. The highest BCUT2D eigenvalue weighted by atomic mass is 32.2. The van der Waals surface area contributed by atoms with Crippen molar-refractivity contribution in [1.82, 2.24) is 4.72 Å². The van der Waals surface area contributed by atoms with Crippen molar-refractivity contribution in [2.24, 2.45) is 0 Å². The fraction of sp³-hybridized carbons (Fsp3) is 0.231. The molecule has 0 amide bonds. The number of hydrogen-bond acceptors (Lipinski definition) is 5. The van der Waals surface area contributed by atoms with Crippen LogP contribution in [-0.4, -0.2) is 19.9 Å². The molecule has 2 aromatic rings. The van der Waals surface area contributed by atoms with E-state index in [-0.39, 0.29) is 17.1 Å². The van der Waals surface area contributed by atoms with Crippen molar-refractivity contribution in [3.05, 3.63) is 56.3 Å². The van der Waals surface area contributed by atoms with E-state index >= 15 is 0 Å². The lowest BCUT2D eigenvalue weighted by molar-refractivity contribution is -0.385. The molecule has 1 aromatic carbocycles. The predicted octanol–water partition coefficient (Wildman–Crippen LogP) is 2.49. The predicted molar refractivity (Wildman–Crippen MR) is 81.0 cm³/mol. The molecule has 0 fully saturated rings. The first-order valence-electron chi connectivity index (χ1n) is 6.17. The van der Waals surface area contributed by atoms with Crippen LogP contribution in [0, 0.1) is 17.0 Å². The molecule has 0 bridgehead atoms. The van der Waals surface area contributed by atoms with Crippen LogP contribution in [0.25, 0.3) is 0 Å². The minimum Gasteiger partial charge on any atom is -0.258 e. The summed E-state index contributed by atoms with van der Waals surface area (Å²) in [6.07, 6.45) is 0.588. The van der Waals surface area contributed by atoms with Crippen molar-refractivity contribution in [3.8, 4) is 0 Å². The van der Waals surface area contributed by atoms with Gasteiger partial charge in [-0.25, -0.2) is 13.1 Å². The van der Waals surface area contributed by atoms with Gasteiger partial charge in [0.1, 0.15) is 0 Å². The third-order valence-corrected chi connectivity index (χ3v) is 5.33. The van der Waals surface area contributed by atoms with Crippen LogP contribution in [0.5, 0.6) is 0 Å². The van der Waals surface area contributed by atoms with Crippen LogP contribution in [0.1, 0.15) is 10.4 Å². The van der Waals surface area contributed by atoms with Crippen molar-refractivity contribution in [3.63, 3.8) is 0 Å². The maximum atomic E-state index is 12.1. The summed E-state index contributed by atoms with van der Waals surface area (Å²) in [5, 5.41) is 12.8. The zero-order valence-electron chi connectivity index (χ0n) is 11.3. The number of nitro groups is 1. The second kappa shape index (κ2) is 6.33. The van der Waals surface area contributed by atoms with Gasteiger partial charge in [0.15, 0.2) is 0 Å². The van der Waals surface area contributed by atoms with Crippen LogP contribution >= 0.6 is 11.3 Å². The third-order valence-electron chi connectivity index (χ3n) is 2.93. The average Bonchev–Trinajstić information content (AvgIpc) is 2.91. The summed E-state index contributed by atoms with van der Waals surface area (Å²) in [5.41, 5.74) is 0.230. The summed E-state index contributed by atoms with van der Waals surface area (Å²) in [7, 11) is -3.74. The molecule has 0 saturated heterocycles. The van der Waals surface area contributed by atoms with Crippen molar-refractivity contribution in [2.75, 3.05) is 6.54 Å². The summed E-state index contributed by atoms with van der Waals surface area (Å²) in [6, 6.07) is 7.72. The number of benzene rings is 1. The largest absolute Gasteiger partial charge is 0.273 e. The summed E-state index contributed by atoms with van der Waals surface area (Å²) in [5.74, 6) is 0. The molecular weight excluding hydrogens is 312 g/mol. The van der Waals surface area contributed by atoms with Crippen molar-refractivity contribution < 1.29 is 13.3 Å². The molecule has 0 atom stereocenters. The van der Waals surface area contributed by atoms with Gasteiger partial charge in [0.05, 0.1) is 9.82 Å². The fourth-order valence-corrected chi connectivity index (χ4v) is 3.56. The van der Waals surface area contributed by atoms with E-state index in [0.29, 0.717) is 12.0 Å². The van der Waals surface area contributed by atoms with Crippen molar-refractivity contribution >= 4 is 27.0 Å². The van der Waals surface area contributed by atoms with Crippen LogP contribution < -0.4 is 4.72 Å². The van der Waals surface area contributed by atoms with E-state index in [1.807, 2.05) is 17.5 Å². The van der Waals surface area contributed by atoms with Crippen LogP contribution in [-0.2, 0) is 16.4 Å². The van der Waals surface area contributed by atoms with Gasteiger partial charge in [-0.05, 0) is 30.9 Å². The summed E-state index contributed by atoms with van der Waals surface area (Å²) >= 11 is 1.55. The van der Waals surface area contributed by atoms with E-state index in [0.717, 1.165) is 10.9 Å². The molecule has 8 heteroatoms. The molecule has 0 unspecified atom stereocenters. The Labute approximate surface area is 126 Å². The molecule has 0 spiro atoms. The topological polar surface area (TPSA) is 89.3 Å². The summed E-state index contributed by atoms with van der Waals surface area (Å²) in [4.78, 5) is 11.3. The SMILES string of the molecule is Cc1ccc(S(=O)(=O)NCCc2cccs2)cc1[N+](=O)[O-]. The maximum absolute atomic E-state index is 12.1. The summed E-state index contributed by atoms with van der Waals surface area (Å²) in [6.45, 7) is 1.82. The Balaban J connectivity index is 2.12. The van der Waals surface area contributed by atoms with Gasteiger partial charge in [-0.2, -0.15) is 0 Å². The Morgan fingerprint density at radius 2 is 2.10 bits per heavy atom. The van der Waals surface area contributed by atoms with Crippen LogP contribution in [0.2, 0.25) is 0 Å². The van der Waals surface area contributed by atoms with Gasteiger partial charge < -0.3 is 0 Å². The molecule has 1 heterocycles.